The van der Waals surface area contributed by atoms with Crippen LogP contribution < -0.4 is 0 Å². The molecule has 3 heterocycles. The van der Waals surface area contributed by atoms with Gasteiger partial charge in [0, 0.05) is 38.2 Å². The lowest BCUT2D eigenvalue weighted by Gasteiger charge is -2.12. The molecular formula is C39H26N4. The fourth-order valence-electron chi connectivity index (χ4n) is 5.13. The number of hydrogen-bond donors (Lipinski definition) is 0. The van der Waals surface area contributed by atoms with Crippen LogP contribution in [0.1, 0.15) is 37.1 Å². The van der Waals surface area contributed by atoms with Crippen molar-refractivity contribution in [3.8, 4) is 22.9 Å². The molecule has 4 heteroatoms. The van der Waals surface area contributed by atoms with Gasteiger partial charge in [0.2, 0.25) is 5.95 Å². The summed E-state index contributed by atoms with van der Waals surface area (Å²) in [5.74, 6) is -0.695. The normalized spacial score (nSPS) is 19.3. The largest absolute Gasteiger partial charge is 0.309 e. The first-order chi connectivity index (χ1) is 30.8. The van der Waals surface area contributed by atoms with Gasteiger partial charge >= 0.3 is 0 Å². The summed E-state index contributed by atoms with van der Waals surface area (Å²) < 4.78 is 205. The standard InChI is InChI=1S/C39H26N4/c1-25-19-21-31-33(23-25)40-39(41-38(31)26-11-3-2-4-12-26)43-36-18-10-7-15-30(36)32-24-27(20-22-37(32)43)42-34-16-8-5-13-28(34)29-14-6-9-17-35(29)42/h2-24H,1H3/i2D,3D,4D,5D,6D,7D,8D,9D,10D,11D,12D,13D,14D,15D,16D,17D,18D,19D,20D,21D,22D,23D,24D. The van der Waals surface area contributed by atoms with Crippen LogP contribution in [-0.2, 0) is 0 Å². The van der Waals surface area contributed by atoms with Gasteiger partial charge in [-0.15, -0.1) is 0 Å². The van der Waals surface area contributed by atoms with Gasteiger partial charge in [0.15, 0.2) is 0 Å². The summed E-state index contributed by atoms with van der Waals surface area (Å²) in [7, 11) is 0. The molecule has 0 spiro atoms. The van der Waals surface area contributed by atoms with Gasteiger partial charge in [0.1, 0.15) is 0 Å². The molecule has 9 rings (SSSR count). The van der Waals surface area contributed by atoms with Crippen LogP contribution in [0.3, 0.4) is 0 Å². The van der Waals surface area contributed by atoms with E-state index in [4.69, 9.17) is 26.0 Å². The average Bonchev–Trinajstić information content (AvgIpc) is 3.84. The van der Waals surface area contributed by atoms with Crippen LogP contribution in [0.25, 0.3) is 77.4 Å². The van der Waals surface area contributed by atoms with Gasteiger partial charge in [-0.25, -0.2) is 9.97 Å². The van der Waals surface area contributed by atoms with Crippen LogP contribution >= 0.6 is 0 Å². The van der Waals surface area contributed by atoms with Crippen molar-refractivity contribution in [3.63, 3.8) is 0 Å². The molecule has 0 fully saturated rings. The zero-order valence-electron chi connectivity index (χ0n) is 44.8. The molecule has 0 saturated heterocycles. The topological polar surface area (TPSA) is 35.6 Å². The molecule has 0 amide bonds. The van der Waals surface area contributed by atoms with E-state index in [2.05, 4.69) is 9.97 Å². The maximum Gasteiger partial charge on any atom is 0.235 e. The van der Waals surface area contributed by atoms with Crippen LogP contribution in [0.15, 0.2) is 139 Å². The summed E-state index contributed by atoms with van der Waals surface area (Å²) in [6.07, 6.45) is 0. The van der Waals surface area contributed by atoms with Gasteiger partial charge in [-0.3, -0.25) is 4.57 Å². The number of nitrogens with zero attached hydrogens (tertiary/aromatic N) is 4. The number of para-hydroxylation sites is 3. The first-order valence-corrected chi connectivity index (χ1v) is 12.7. The molecule has 9 aromatic rings. The Morgan fingerprint density at radius 3 is 1.77 bits per heavy atom. The van der Waals surface area contributed by atoms with Crippen LogP contribution in [-0.4, -0.2) is 19.1 Å². The minimum atomic E-state index is -0.929. The Morgan fingerprint density at radius 2 is 1.07 bits per heavy atom. The van der Waals surface area contributed by atoms with Crippen molar-refractivity contribution in [1.29, 1.82) is 0 Å². The molecule has 0 saturated carbocycles. The van der Waals surface area contributed by atoms with Gasteiger partial charge in [0.25, 0.3) is 0 Å². The summed E-state index contributed by atoms with van der Waals surface area (Å²) in [6.45, 7) is 1.34. The number of benzene rings is 6. The lowest BCUT2D eigenvalue weighted by atomic mass is 10.1. The van der Waals surface area contributed by atoms with Gasteiger partial charge in [-0.1, -0.05) is 96.7 Å². The second kappa shape index (κ2) is 9.13. The first kappa shape index (κ1) is 10.5. The summed E-state index contributed by atoms with van der Waals surface area (Å²) in [4.78, 5) is 9.06. The Labute approximate surface area is 280 Å². The molecule has 0 unspecified atom stereocenters. The van der Waals surface area contributed by atoms with E-state index in [9.17, 15) is 5.48 Å². The third-order valence-corrected chi connectivity index (χ3v) is 6.92. The van der Waals surface area contributed by atoms with E-state index in [0.717, 1.165) is 9.13 Å². The van der Waals surface area contributed by atoms with E-state index in [1.807, 2.05) is 0 Å². The third kappa shape index (κ3) is 3.57. The van der Waals surface area contributed by atoms with Crippen LogP contribution in [0.4, 0.5) is 0 Å². The van der Waals surface area contributed by atoms with Gasteiger partial charge < -0.3 is 4.57 Å². The fourth-order valence-corrected chi connectivity index (χ4v) is 5.13. The van der Waals surface area contributed by atoms with Crippen molar-refractivity contribution in [3.05, 3.63) is 145 Å². The summed E-state index contributed by atoms with van der Waals surface area (Å²) in [5.41, 5.74) is -4.49. The minimum absolute atomic E-state index is 0.0804. The van der Waals surface area contributed by atoms with Crippen molar-refractivity contribution in [1.82, 2.24) is 19.1 Å². The molecule has 0 aliphatic heterocycles. The van der Waals surface area contributed by atoms with E-state index in [0.29, 0.717) is 0 Å². The van der Waals surface area contributed by atoms with E-state index in [1.54, 1.807) is 0 Å². The Hall–Kier alpha value is -5.74. The van der Waals surface area contributed by atoms with Crippen LogP contribution in [0.5, 0.6) is 0 Å². The second-order valence-electron chi connectivity index (χ2n) is 9.38. The van der Waals surface area contributed by atoms with Gasteiger partial charge in [0.05, 0.1) is 64.8 Å². The second-order valence-corrected chi connectivity index (χ2v) is 9.38. The van der Waals surface area contributed by atoms with E-state index < -0.39 is 216 Å². The molecule has 6 aromatic carbocycles. The highest BCUT2D eigenvalue weighted by Gasteiger charge is 2.19. The summed E-state index contributed by atoms with van der Waals surface area (Å²) in [6, 6.07) is -17.8. The smallest absolute Gasteiger partial charge is 0.235 e. The SMILES string of the molecule is [2H]c1c([2H])c([2H])c(-c2nc(-n3c4c([2H])c([2H])c([2H])c([2H])c4c4c([2H])c(-n5c6c([2H])c([2H])c([2H])c([2H])c6c6c([2H])c([2H])c([2H])c([2H])c65)c([2H])c([2H])c43)nc3c([2H])c(C)c([2H])c([2H])c23)c([2H])c1[2H]. The van der Waals surface area contributed by atoms with Crippen molar-refractivity contribution < 1.29 is 31.5 Å². The van der Waals surface area contributed by atoms with Crippen molar-refractivity contribution in [2.75, 3.05) is 0 Å². The molecule has 43 heavy (non-hydrogen) atoms. The highest BCUT2D eigenvalue weighted by molar-refractivity contribution is 6.12. The number of aromatic nitrogens is 4. The average molecular weight is 574 g/mol. The maximum atomic E-state index is 9.84. The molecule has 0 atom stereocenters. The Morgan fingerprint density at radius 1 is 0.488 bits per heavy atom. The van der Waals surface area contributed by atoms with Crippen LogP contribution in [0, 0.1) is 6.92 Å². The summed E-state index contributed by atoms with van der Waals surface area (Å²) in [5, 5.41) is -2.22. The van der Waals surface area contributed by atoms with E-state index in [1.165, 1.54) is 6.92 Å². The molecule has 0 aliphatic carbocycles. The lowest BCUT2D eigenvalue weighted by Crippen LogP contribution is -2.03. The highest BCUT2D eigenvalue weighted by Crippen LogP contribution is 2.37. The zero-order chi connectivity index (χ0) is 48.5. The molecule has 4 nitrogen and oxygen atoms in total. The Kier molecular flexibility index (Phi) is 2.23. The van der Waals surface area contributed by atoms with Crippen molar-refractivity contribution >= 4 is 54.5 Å². The predicted octanol–water partition coefficient (Wildman–Crippen LogP) is 9.80. The Bertz CT molecular complexity index is 3710. The third-order valence-electron chi connectivity index (χ3n) is 6.92. The number of rotatable bonds is 3. The lowest BCUT2D eigenvalue weighted by molar-refractivity contribution is 1.01. The zero-order valence-corrected chi connectivity index (χ0v) is 21.8. The molecular weight excluding hydrogens is 524 g/mol. The number of hydrogen-bond acceptors (Lipinski definition) is 2. The molecule has 0 bridgehead atoms. The molecule has 0 aliphatic rings. The van der Waals surface area contributed by atoms with Gasteiger partial charge in [-0.05, 0) is 54.8 Å². The quantitative estimate of drug-likeness (QED) is 0.211. The Balaban J connectivity index is 1.57. The number of fused-ring (bicyclic) bond motifs is 7. The molecule has 0 N–H and O–H groups in total. The first-order valence-electron chi connectivity index (χ1n) is 24.2. The van der Waals surface area contributed by atoms with E-state index in [-0.39, 0.29) is 5.56 Å². The molecule has 0 radical (unpaired) electrons. The van der Waals surface area contributed by atoms with Crippen LogP contribution in [0.2, 0.25) is 0 Å². The van der Waals surface area contributed by atoms with Crippen molar-refractivity contribution in [2.24, 2.45) is 0 Å². The molecule has 3 aromatic heterocycles. The van der Waals surface area contributed by atoms with Crippen molar-refractivity contribution in [2.45, 2.75) is 6.92 Å². The minimum Gasteiger partial charge on any atom is -0.309 e. The monoisotopic (exact) mass is 573 g/mol. The fraction of sp³-hybridized carbons (Fsp3) is 0.0256. The van der Waals surface area contributed by atoms with E-state index >= 15 is 0 Å². The predicted molar refractivity (Wildman–Crippen MR) is 178 cm³/mol. The maximum absolute atomic E-state index is 9.84. The summed E-state index contributed by atoms with van der Waals surface area (Å²) >= 11 is 0. The highest BCUT2D eigenvalue weighted by atomic mass is 15.2. The van der Waals surface area contributed by atoms with Gasteiger partial charge in [-0.2, -0.15) is 0 Å². The molecule has 202 valence electrons.